The van der Waals surface area contributed by atoms with Crippen LogP contribution in [-0.2, 0) is 0 Å². The highest BCUT2D eigenvalue weighted by molar-refractivity contribution is 6.05. The Hall–Kier alpha value is -2.04. The predicted molar refractivity (Wildman–Crippen MR) is 76.7 cm³/mol. The molecule has 1 aromatic carbocycles. The van der Waals surface area contributed by atoms with E-state index in [9.17, 15) is 0 Å². The predicted octanol–water partition coefficient (Wildman–Crippen LogP) is 1.09. The summed E-state index contributed by atoms with van der Waals surface area (Å²) in [6.07, 6.45) is 0. The topological polar surface area (TPSA) is 57.2 Å². The van der Waals surface area contributed by atoms with Gasteiger partial charge in [0.25, 0.3) is 0 Å². The summed E-state index contributed by atoms with van der Waals surface area (Å²) in [7, 11) is 7.41. The molecular weight excluding hydrogens is 226 g/mol. The van der Waals surface area contributed by atoms with Gasteiger partial charge in [-0.3, -0.25) is 0 Å². The van der Waals surface area contributed by atoms with Crippen molar-refractivity contribution in [2.75, 3.05) is 28.2 Å². The maximum atomic E-state index is 5.84. The van der Waals surface area contributed by atoms with E-state index in [0.29, 0.717) is 11.8 Å². The first-order valence-corrected chi connectivity index (χ1v) is 5.74. The van der Waals surface area contributed by atoms with Crippen molar-refractivity contribution in [2.45, 2.75) is 6.92 Å². The van der Waals surface area contributed by atoms with Gasteiger partial charge in [0, 0.05) is 33.8 Å². The first kappa shape index (κ1) is 14.0. The molecule has 1 rings (SSSR count). The smallest absolute Gasteiger partial charge is 0.197 e. The minimum Gasteiger partial charge on any atom is -0.369 e. The van der Waals surface area contributed by atoms with Crippen molar-refractivity contribution in [3.8, 4) is 0 Å². The largest absolute Gasteiger partial charge is 0.369 e. The maximum Gasteiger partial charge on any atom is 0.197 e. The van der Waals surface area contributed by atoms with Crippen molar-refractivity contribution < 1.29 is 0 Å². The third kappa shape index (κ3) is 4.08. The number of rotatable bonds is 2. The fourth-order valence-corrected chi connectivity index (χ4v) is 1.25. The van der Waals surface area contributed by atoms with E-state index < -0.39 is 0 Å². The zero-order valence-corrected chi connectivity index (χ0v) is 11.7. The summed E-state index contributed by atoms with van der Waals surface area (Å²) in [5.41, 5.74) is 7.98. The van der Waals surface area contributed by atoms with Gasteiger partial charge in [0.15, 0.2) is 11.8 Å². The number of guanidine groups is 1. The second kappa shape index (κ2) is 6.05. The molecule has 1 aromatic rings. The number of nitrogens with zero attached hydrogens (tertiary/aromatic N) is 4. The van der Waals surface area contributed by atoms with Crippen LogP contribution in [0.1, 0.15) is 11.1 Å². The van der Waals surface area contributed by atoms with Crippen LogP contribution >= 0.6 is 0 Å². The van der Waals surface area contributed by atoms with Crippen LogP contribution < -0.4 is 5.73 Å². The van der Waals surface area contributed by atoms with Crippen LogP contribution in [0.15, 0.2) is 34.4 Å². The van der Waals surface area contributed by atoms with Crippen molar-refractivity contribution in [3.05, 3.63) is 35.4 Å². The summed E-state index contributed by atoms with van der Waals surface area (Å²) in [5, 5.41) is 6.06. The van der Waals surface area contributed by atoms with Gasteiger partial charge < -0.3 is 15.6 Å². The monoisotopic (exact) mass is 247 g/mol. The van der Waals surface area contributed by atoms with E-state index in [-0.39, 0.29) is 0 Å². The lowest BCUT2D eigenvalue weighted by Gasteiger charge is -2.13. The molecule has 0 heterocycles. The second-order valence-corrected chi connectivity index (χ2v) is 4.50. The molecule has 2 N–H and O–H groups in total. The highest BCUT2D eigenvalue weighted by atomic mass is 15.4. The molecule has 0 aliphatic rings. The van der Waals surface area contributed by atoms with Crippen LogP contribution in [0.25, 0.3) is 0 Å². The van der Waals surface area contributed by atoms with E-state index in [1.165, 1.54) is 5.56 Å². The quantitative estimate of drug-likeness (QED) is 0.483. The summed E-state index contributed by atoms with van der Waals surface area (Å²) in [6, 6.07) is 8.04. The number of hydrogen-bond acceptors (Lipinski definition) is 2. The van der Waals surface area contributed by atoms with E-state index in [1.807, 2.05) is 59.4 Å². The Morgan fingerprint density at radius 1 is 1.06 bits per heavy atom. The van der Waals surface area contributed by atoms with Gasteiger partial charge in [-0.25, -0.2) is 0 Å². The number of hydrogen-bond donors (Lipinski definition) is 1. The van der Waals surface area contributed by atoms with Gasteiger partial charge >= 0.3 is 0 Å². The summed E-state index contributed by atoms with van der Waals surface area (Å²) < 4.78 is 0. The Balaban J connectivity index is 3.15. The molecule has 0 aromatic heterocycles. The van der Waals surface area contributed by atoms with Crippen molar-refractivity contribution in [2.24, 2.45) is 15.8 Å². The normalized spacial score (nSPS) is 12.5. The second-order valence-electron chi connectivity index (χ2n) is 4.50. The van der Waals surface area contributed by atoms with Gasteiger partial charge in [-0.05, 0) is 6.92 Å². The van der Waals surface area contributed by atoms with Gasteiger partial charge in [-0.1, -0.05) is 29.8 Å². The lowest BCUT2D eigenvalue weighted by Crippen LogP contribution is -2.31. The number of aryl methyl sites for hydroxylation is 1. The molecule has 0 bridgehead atoms. The minimum atomic E-state index is 0.427. The van der Waals surface area contributed by atoms with E-state index in [0.717, 1.165) is 5.56 Å². The van der Waals surface area contributed by atoms with E-state index in [1.54, 1.807) is 9.91 Å². The summed E-state index contributed by atoms with van der Waals surface area (Å²) in [5.74, 6) is 1.03. The lowest BCUT2D eigenvalue weighted by molar-refractivity contribution is 0.437. The van der Waals surface area contributed by atoms with Crippen LogP contribution in [0, 0.1) is 6.92 Å². The molecule has 0 radical (unpaired) electrons. The fraction of sp³-hybridized carbons (Fsp3) is 0.385. The Kier molecular flexibility index (Phi) is 4.71. The first-order chi connectivity index (χ1) is 8.40. The van der Waals surface area contributed by atoms with Crippen LogP contribution in [0.2, 0.25) is 0 Å². The maximum absolute atomic E-state index is 5.84. The molecule has 0 saturated carbocycles. The van der Waals surface area contributed by atoms with Crippen molar-refractivity contribution in [1.29, 1.82) is 0 Å². The van der Waals surface area contributed by atoms with Gasteiger partial charge in [0.1, 0.15) is 0 Å². The summed E-state index contributed by atoms with van der Waals surface area (Å²) >= 11 is 0. The van der Waals surface area contributed by atoms with E-state index in [4.69, 9.17) is 5.73 Å². The number of amidine groups is 1. The first-order valence-electron chi connectivity index (χ1n) is 5.74. The zero-order valence-electron chi connectivity index (χ0n) is 11.7. The number of hydrazone groups is 1. The van der Waals surface area contributed by atoms with Gasteiger partial charge in [-0.15, -0.1) is 0 Å². The number of benzene rings is 1. The highest BCUT2D eigenvalue weighted by Gasteiger charge is 2.05. The highest BCUT2D eigenvalue weighted by Crippen LogP contribution is 2.06. The molecule has 0 unspecified atom stereocenters. The number of aliphatic imine (C=N–C) groups is 1. The third-order valence-corrected chi connectivity index (χ3v) is 2.28. The molecule has 98 valence electrons. The Morgan fingerprint density at radius 2 is 1.61 bits per heavy atom. The lowest BCUT2D eigenvalue weighted by atomic mass is 10.1. The van der Waals surface area contributed by atoms with Crippen LogP contribution in [0.5, 0.6) is 0 Å². The van der Waals surface area contributed by atoms with Crippen LogP contribution in [-0.4, -0.2) is 49.9 Å². The molecular formula is C13H21N5. The number of nitrogens with two attached hydrogens (primary N) is 1. The third-order valence-electron chi connectivity index (χ3n) is 2.28. The SMILES string of the molecule is Cc1ccc(/C(N=C(N)N(C)C)=N\N(C)C)cc1. The van der Waals surface area contributed by atoms with Crippen molar-refractivity contribution in [1.82, 2.24) is 9.91 Å². The van der Waals surface area contributed by atoms with Crippen molar-refractivity contribution in [3.63, 3.8) is 0 Å². The molecule has 0 saturated heterocycles. The molecule has 0 aliphatic carbocycles. The average molecular weight is 247 g/mol. The molecule has 5 nitrogen and oxygen atoms in total. The standard InChI is InChI=1S/C13H21N5/c1-10-6-8-11(9-7-10)12(16-18(4)5)15-13(14)17(2)3/h6-9H,1-5H3,(H2,14,15,16). The van der Waals surface area contributed by atoms with Gasteiger partial charge in [0.2, 0.25) is 0 Å². The van der Waals surface area contributed by atoms with Crippen LogP contribution in [0.4, 0.5) is 0 Å². The molecule has 0 aliphatic heterocycles. The average Bonchev–Trinajstić information content (AvgIpc) is 2.28. The molecule has 0 amide bonds. The van der Waals surface area contributed by atoms with Gasteiger partial charge in [-0.2, -0.15) is 10.1 Å². The minimum absolute atomic E-state index is 0.427. The van der Waals surface area contributed by atoms with Gasteiger partial charge in [0.05, 0.1) is 0 Å². The molecule has 0 atom stereocenters. The molecule has 5 heteroatoms. The summed E-state index contributed by atoms with van der Waals surface area (Å²) in [6.45, 7) is 2.05. The Morgan fingerprint density at radius 3 is 2.06 bits per heavy atom. The summed E-state index contributed by atoms with van der Waals surface area (Å²) in [4.78, 5) is 6.09. The van der Waals surface area contributed by atoms with Crippen molar-refractivity contribution >= 4 is 11.8 Å². The fourth-order valence-electron chi connectivity index (χ4n) is 1.25. The Bertz CT molecular complexity index is 443. The molecule has 18 heavy (non-hydrogen) atoms. The van der Waals surface area contributed by atoms with E-state index in [2.05, 4.69) is 10.1 Å². The zero-order chi connectivity index (χ0) is 13.7. The van der Waals surface area contributed by atoms with Crippen LogP contribution in [0.3, 0.4) is 0 Å². The molecule has 0 spiro atoms. The molecule has 0 fully saturated rings. The van der Waals surface area contributed by atoms with E-state index >= 15 is 0 Å². The Labute approximate surface area is 109 Å².